The smallest absolute Gasteiger partial charge is 0.207 e. The molecule has 3 aromatic carbocycles. The van der Waals surface area contributed by atoms with Gasteiger partial charge < -0.3 is 0 Å². The minimum atomic E-state index is -3.58. The first kappa shape index (κ1) is 16.8. The Kier molecular flexibility index (Phi) is 4.49. The van der Waals surface area contributed by atoms with E-state index in [1.54, 1.807) is 35.4 Å². The van der Waals surface area contributed by atoms with Crippen molar-refractivity contribution in [2.75, 3.05) is 5.06 Å². The highest BCUT2D eigenvalue weighted by Crippen LogP contribution is 2.40. The fourth-order valence-corrected chi connectivity index (χ4v) is 4.71. The predicted molar refractivity (Wildman–Crippen MR) is 101 cm³/mol. The van der Waals surface area contributed by atoms with Gasteiger partial charge in [-0.3, -0.25) is 4.84 Å². The van der Waals surface area contributed by atoms with Crippen LogP contribution in [0.25, 0.3) is 0 Å². The quantitative estimate of drug-likeness (QED) is 0.689. The van der Waals surface area contributed by atoms with Crippen molar-refractivity contribution >= 4 is 15.5 Å². The van der Waals surface area contributed by atoms with Gasteiger partial charge >= 0.3 is 0 Å². The summed E-state index contributed by atoms with van der Waals surface area (Å²) in [6.07, 6.45) is 0.371. The van der Waals surface area contributed by atoms with Crippen molar-refractivity contribution in [3.05, 3.63) is 96.6 Å². The van der Waals surface area contributed by atoms with Crippen LogP contribution in [0.3, 0.4) is 0 Å². The summed E-state index contributed by atoms with van der Waals surface area (Å²) in [5.41, 5.74) is 0.949. The van der Waals surface area contributed by atoms with E-state index >= 15 is 0 Å². The molecule has 3 aromatic rings. The average Bonchev–Trinajstić information content (AvgIpc) is 3.16. The molecule has 0 aliphatic carbocycles. The van der Waals surface area contributed by atoms with Crippen LogP contribution < -0.4 is 5.06 Å². The molecule has 2 atom stereocenters. The van der Waals surface area contributed by atoms with Crippen LogP contribution in [0.15, 0.2) is 95.9 Å². The van der Waals surface area contributed by atoms with Crippen LogP contribution in [0.4, 0.5) is 5.69 Å². The summed E-state index contributed by atoms with van der Waals surface area (Å²) in [6.45, 7) is 0. The zero-order valence-corrected chi connectivity index (χ0v) is 14.9. The van der Waals surface area contributed by atoms with Crippen molar-refractivity contribution in [3.63, 3.8) is 0 Å². The van der Waals surface area contributed by atoms with E-state index in [-0.39, 0.29) is 10.9 Å². The molecular formula is C21H19NO3S. The lowest BCUT2D eigenvalue weighted by atomic mass is 10.0. The molecule has 1 fully saturated rings. The van der Waals surface area contributed by atoms with Gasteiger partial charge in [0.2, 0.25) is 9.84 Å². The summed E-state index contributed by atoms with van der Waals surface area (Å²) in [5, 5.41) is 1.72. The van der Waals surface area contributed by atoms with Gasteiger partial charge in [-0.1, -0.05) is 66.7 Å². The summed E-state index contributed by atoms with van der Waals surface area (Å²) in [5.74, 6) is 0. The molecule has 1 aliphatic heterocycles. The molecule has 1 saturated heterocycles. The molecule has 26 heavy (non-hydrogen) atoms. The highest BCUT2D eigenvalue weighted by molar-refractivity contribution is 7.92. The van der Waals surface area contributed by atoms with Crippen LogP contribution in [-0.2, 0) is 14.7 Å². The van der Waals surface area contributed by atoms with E-state index < -0.39 is 15.3 Å². The lowest BCUT2D eigenvalue weighted by Crippen LogP contribution is -2.25. The molecule has 5 heteroatoms. The lowest BCUT2D eigenvalue weighted by Gasteiger charge is -2.24. The number of sulfone groups is 1. The summed E-state index contributed by atoms with van der Waals surface area (Å²) < 4.78 is 26.1. The Bertz CT molecular complexity index is 912. The van der Waals surface area contributed by atoms with Gasteiger partial charge in [-0.2, -0.15) is 0 Å². The molecular weight excluding hydrogens is 346 g/mol. The Labute approximate surface area is 153 Å². The molecule has 4 nitrogen and oxygen atoms in total. The third-order valence-electron chi connectivity index (χ3n) is 4.54. The number of rotatable bonds is 4. The Morgan fingerprint density at radius 1 is 0.769 bits per heavy atom. The van der Waals surface area contributed by atoms with Gasteiger partial charge in [-0.05, 0) is 29.8 Å². The van der Waals surface area contributed by atoms with Gasteiger partial charge in [-0.25, -0.2) is 13.5 Å². The number of hydrogen-bond acceptors (Lipinski definition) is 4. The van der Waals surface area contributed by atoms with Gasteiger partial charge in [0.05, 0.1) is 16.6 Å². The standard InChI is InChI=1S/C21H19NO3S/c23-26(24,19-14-8-3-9-15-19)21-16-20(17-10-4-1-5-11-17)22(25-21)18-12-6-2-7-13-18/h1-15,20-21H,16H2/t20-,21-/m1/s1. The molecule has 0 unspecified atom stereocenters. The second-order valence-electron chi connectivity index (χ2n) is 6.22. The van der Waals surface area contributed by atoms with Crippen LogP contribution in [0.1, 0.15) is 18.0 Å². The summed E-state index contributed by atoms with van der Waals surface area (Å²) in [6, 6.07) is 27.8. The highest BCUT2D eigenvalue weighted by atomic mass is 32.2. The Balaban J connectivity index is 1.72. The number of benzene rings is 3. The first-order chi connectivity index (χ1) is 12.7. The summed E-state index contributed by atoms with van der Waals surface area (Å²) in [7, 11) is -3.58. The second-order valence-corrected chi connectivity index (χ2v) is 8.30. The molecule has 0 saturated carbocycles. The topological polar surface area (TPSA) is 46.6 Å². The molecule has 0 amide bonds. The second kappa shape index (κ2) is 6.94. The van der Waals surface area contributed by atoms with Gasteiger partial charge in [0.15, 0.2) is 5.44 Å². The molecule has 132 valence electrons. The monoisotopic (exact) mass is 365 g/mol. The van der Waals surface area contributed by atoms with Gasteiger partial charge in [0.1, 0.15) is 0 Å². The highest BCUT2D eigenvalue weighted by Gasteiger charge is 2.42. The van der Waals surface area contributed by atoms with Crippen molar-refractivity contribution in [3.8, 4) is 0 Å². The number of hydrogen-bond donors (Lipinski definition) is 0. The first-order valence-electron chi connectivity index (χ1n) is 8.51. The van der Waals surface area contributed by atoms with Crippen LogP contribution in [0.5, 0.6) is 0 Å². The molecule has 0 radical (unpaired) electrons. The molecule has 4 rings (SSSR count). The molecule has 0 aromatic heterocycles. The van der Waals surface area contributed by atoms with Crippen LogP contribution in [0.2, 0.25) is 0 Å². The number of hydroxylamine groups is 1. The van der Waals surface area contributed by atoms with E-state index in [9.17, 15) is 8.42 Å². The molecule has 0 bridgehead atoms. The third-order valence-corrected chi connectivity index (χ3v) is 6.44. The molecule has 1 heterocycles. The van der Waals surface area contributed by atoms with E-state index in [0.29, 0.717) is 6.42 Å². The van der Waals surface area contributed by atoms with E-state index in [0.717, 1.165) is 11.3 Å². The van der Waals surface area contributed by atoms with E-state index in [1.807, 2.05) is 60.7 Å². The number of nitrogens with zero attached hydrogens (tertiary/aromatic N) is 1. The van der Waals surface area contributed by atoms with E-state index in [2.05, 4.69) is 0 Å². The zero-order valence-electron chi connectivity index (χ0n) is 14.1. The minimum absolute atomic E-state index is 0.165. The summed E-state index contributed by atoms with van der Waals surface area (Å²) in [4.78, 5) is 6.26. The normalized spacial score (nSPS) is 20.2. The van der Waals surface area contributed by atoms with Crippen LogP contribution >= 0.6 is 0 Å². The van der Waals surface area contributed by atoms with E-state index in [1.165, 1.54) is 0 Å². The fraction of sp³-hybridized carbons (Fsp3) is 0.143. The van der Waals surface area contributed by atoms with Crippen molar-refractivity contribution in [1.29, 1.82) is 0 Å². The summed E-state index contributed by atoms with van der Waals surface area (Å²) >= 11 is 0. The predicted octanol–water partition coefficient (Wildman–Crippen LogP) is 4.37. The largest absolute Gasteiger partial charge is 0.253 e. The van der Waals surface area contributed by atoms with Gasteiger partial charge in [-0.15, -0.1) is 0 Å². The maximum absolute atomic E-state index is 13.0. The number of para-hydroxylation sites is 1. The maximum atomic E-state index is 13.0. The third kappa shape index (κ3) is 3.11. The van der Waals surface area contributed by atoms with Crippen LogP contribution in [-0.4, -0.2) is 13.9 Å². The van der Waals surface area contributed by atoms with Crippen molar-refractivity contribution < 1.29 is 13.3 Å². The Hall–Kier alpha value is -2.63. The molecule has 0 spiro atoms. The van der Waals surface area contributed by atoms with Gasteiger partial charge in [0.25, 0.3) is 0 Å². The van der Waals surface area contributed by atoms with Crippen molar-refractivity contribution in [1.82, 2.24) is 0 Å². The molecule has 1 aliphatic rings. The van der Waals surface area contributed by atoms with Crippen molar-refractivity contribution in [2.45, 2.75) is 22.8 Å². The van der Waals surface area contributed by atoms with E-state index in [4.69, 9.17) is 4.84 Å². The fourth-order valence-electron chi connectivity index (χ4n) is 3.23. The molecule has 0 N–H and O–H groups in total. The Morgan fingerprint density at radius 2 is 1.31 bits per heavy atom. The van der Waals surface area contributed by atoms with Crippen LogP contribution in [0, 0.1) is 0 Å². The van der Waals surface area contributed by atoms with Gasteiger partial charge in [0, 0.05) is 6.42 Å². The van der Waals surface area contributed by atoms with Crippen molar-refractivity contribution in [2.24, 2.45) is 0 Å². The minimum Gasteiger partial charge on any atom is -0.253 e. The lowest BCUT2D eigenvalue weighted by molar-refractivity contribution is 0.131. The SMILES string of the molecule is O=S(=O)(c1ccccc1)[C@@H]1C[C@H](c2ccccc2)N(c2ccccc2)O1. The Morgan fingerprint density at radius 3 is 1.92 bits per heavy atom. The number of anilines is 1. The first-order valence-corrected chi connectivity index (χ1v) is 10.1. The maximum Gasteiger partial charge on any atom is 0.207 e. The zero-order chi connectivity index (χ0) is 18.0. The average molecular weight is 365 g/mol.